The topological polar surface area (TPSA) is 65.5 Å². The minimum Gasteiger partial charge on any atom is -0.304 e. The van der Waals surface area contributed by atoms with E-state index in [-0.39, 0.29) is 0 Å². The number of nitrogens with one attached hydrogen (secondary N) is 1. The zero-order valence-corrected chi connectivity index (χ0v) is 15.0. The third-order valence-corrected chi connectivity index (χ3v) is 5.67. The van der Waals surface area contributed by atoms with Crippen molar-refractivity contribution in [1.82, 2.24) is 14.2 Å². The minimum atomic E-state index is -3.53. The van der Waals surface area contributed by atoms with E-state index in [0.29, 0.717) is 30.8 Å². The number of hydrogen-bond donors (Lipinski definition) is 1. The maximum atomic E-state index is 12.6. The highest BCUT2D eigenvalue weighted by Gasteiger charge is 2.24. The predicted octanol–water partition coefficient (Wildman–Crippen LogP) is 2.44. The van der Waals surface area contributed by atoms with Crippen LogP contribution in [0.2, 0.25) is 0 Å². The van der Waals surface area contributed by atoms with Gasteiger partial charge in [-0.1, -0.05) is 24.6 Å². The van der Waals surface area contributed by atoms with Crippen LogP contribution in [0.15, 0.2) is 30.3 Å². The Balaban J connectivity index is 1.93. The molecular weight excluding hydrogens is 324 g/mol. The summed E-state index contributed by atoms with van der Waals surface area (Å²) in [5, 5.41) is 0.927. The van der Waals surface area contributed by atoms with Crippen molar-refractivity contribution in [2.75, 3.05) is 31.9 Å². The van der Waals surface area contributed by atoms with Gasteiger partial charge in [0.25, 0.3) is 0 Å². The summed E-state index contributed by atoms with van der Waals surface area (Å²) < 4.78 is 29.5. The molecule has 0 amide bonds. The Morgan fingerprint density at radius 3 is 2.58 bits per heavy atom. The van der Waals surface area contributed by atoms with E-state index in [1.165, 1.54) is 4.31 Å². The number of aromatic nitrogens is 1. The lowest BCUT2D eigenvalue weighted by Gasteiger charge is -2.26. The van der Waals surface area contributed by atoms with E-state index in [4.69, 9.17) is 0 Å². The lowest BCUT2D eigenvalue weighted by atomic mass is 10.2. The summed E-state index contributed by atoms with van der Waals surface area (Å²) in [6, 6.07) is 9.53. The molecule has 1 N–H and O–H groups in total. The highest BCUT2D eigenvalue weighted by molar-refractivity contribution is 7.90. The number of anilines is 1. The predicted molar refractivity (Wildman–Crippen MR) is 97.1 cm³/mol. The van der Waals surface area contributed by atoms with Gasteiger partial charge in [0.05, 0.1) is 16.9 Å². The van der Waals surface area contributed by atoms with E-state index < -0.39 is 10.2 Å². The standard InChI is InChI=1S/C17H24N4O2S/c1-20(2)13-15-10-9-14-7-6-8-16(17(14)18-15)19-24(22,23)21-11-4-3-5-12-21/h6-10,19H,3-5,11-13H2,1-2H3. The second kappa shape index (κ2) is 7.04. The Kier molecular flexibility index (Phi) is 5.03. The highest BCUT2D eigenvalue weighted by Crippen LogP contribution is 2.24. The summed E-state index contributed by atoms with van der Waals surface area (Å²) in [7, 11) is 0.435. The Morgan fingerprint density at radius 1 is 1.12 bits per heavy atom. The van der Waals surface area contributed by atoms with Gasteiger partial charge in [-0.25, -0.2) is 4.98 Å². The summed E-state index contributed by atoms with van der Waals surface area (Å²) in [6.07, 6.45) is 2.93. The number of rotatable bonds is 5. The molecule has 1 aliphatic rings. The van der Waals surface area contributed by atoms with Gasteiger partial charge in [0, 0.05) is 25.0 Å². The molecule has 130 valence electrons. The second-order valence-electron chi connectivity index (χ2n) is 6.48. The lowest BCUT2D eigenvalue weighted by Crippen LogP contribution is -2.39. The van der Waals surface area contributed by atoms with E-state index in [9.17, 15) is 8.42 Å². The molecule has 0 bridgehead atoms. The normalized spacial score (nSPS) is 16.6. The van der Waals surface area contributed by atoms with Crippen molar-refractivity contribution in [3.05, 3.63) is 36.0 Å². The number of para-hydroxylation sites is 1. The highest BCUT2D eigenvalue weighted by atomic mass is 32.2. The molecule has 6 nitrogen and oxygen atoms in total. The fourth-order valence-electron chi connectivity index (χ4n) is 2.99. The molecule has 1 aromatic heterocycles. The third-order valence-electron chi connectivity index (χ3n) is 4.15. The van der Waals surface area contributed by atoms with Crippen LogP contribution in [0.4, 0.5) is 5.69 Å². The summed E-state index contributed by atoms with van der Waals surface area (Å²) >= 11 is 0. The molecule has 1 aromatic carbocycles. The Bertz CT molecular complexity index is 814. The first kappa shape index (κ1) is 17.1. The molecule has 24 heavy (non-hydrogen) atoms. The van der Waals surface area contributed by atoms with Gasteiger partial charge in [0.15, 0.2) is 0 Å². The molecule has 1 saturated heterocycles. The fourth-order valence-corrected chi connectivity index (χ4v) is 4.30. The van der Waals surface area contributed by atoms with Crippen molar-refractivity contribution in [2.45, 2.75) is 25.8 Å². The van der Waals surface area contributed by atoms with Crippen molar-refractivity contribution in [3.8, 4) is 0 Å². The zero-order chi connectivity index (χ0) is 17.2. The molecule has 0 radical (unpaired) electrons. The fraction of sp³-hybridized carbons (Fsp3) is 0.471. The van der Waals surface area contributed by atoms with Crippen molar-refractivity contribution in [1.29, 1.82) is 0 Å². The molecule has 2 aromatic rings. The summed E-state index contributed by atoms with van der Waals surface area (Å²) in [4.78, 5) is 6.69. The number of benzene rings is 1. The molecule has 0 unspecified atom stereocenters. The number of fused-ring (bicyclic) bond motifs is 1. The molecule has 1 fully saturated rings. The maximum absolute atomic E-state index is 12.6. The first-order valence-corrected chi connectivity index (χ1v) is 9.71. The van der Waals surface area contributed by atoms with E-state index in [2.05, 4.69) is 9.71 Å². The smallest absolute Gasteiger partial charge is 0.301 e. The molecule has 0 aliphatic carbocycles. The summed E-state index contributed by atoms with van der Waals surface area (Å²) in [5.41, 5.74) is 2.15. The molecule has 7 heteroatoms. The number of hydrogen-bond acceptors (Lipinski definition) is 4. The lowest BCUT2D eigenvalue weighted by molar-refractivity contribution is 0.349. The Hall–Kier alpha value is -1.70. The van der Waals surface area contributed by atoms with Crippen LogP contribution in [-0.4, -0.2) is 49.8 Å². The molecule has 0 saturated carbocycles. The van der Waals surface area contributed by atoms with Gasteiger partial charge < -0.3 is 4.90 Å². The van der Waals surface area contributed by atoms with E-state index in [1.54, 1.807) is 6.07 Å². The van der Waals surface area contributed by atoms with E-state index in [1.807, 2.05) is 43.3 Å². The van der Waals surface area contributed by atoms with Crippen LogP contribution in [0.25, 0.3) is 10.9 Å². The molecule has 2 heterocycles. The molecule has 3 rings (SSSR count). The largest absolute Gasteiger partial charge is 0.304 e. The van der Waals surface area contributed by atoms with Crippen LogP contribution in [0.1, 0.15) is 25.0 Å². The van der Waals surface area contributed by atoms with Crippen LogP contribution < -0.4 is 4.72 Å². The number of pyridine rings is 1. The van der Waals surface area contributed by atoms with Crippen LogP contribution >= 0.6 is 0 Å². The Morgan fingerprint density at radius 2 is 1.88 bits per heavy atom. The van der Waals surface area contributed by atoms with Crippen molar-refractivity contribution >= 4 is 26.8 Å². The van der Waals surface area contributed by atoms with Gasteiger partial charge in [-0.05, 0) is 39.1 Å². The number of nitrogens with zero attached hydrogens (tertiary/aromatic N) is 3. The molecular formula is C17H24N4O2S. The average Bonchev–Trinajstić information content (AvgIpc) is 2.55. The van der Waals surface area contributed by atoms with Gasteiger partial charge in [-0.2, -0.15) is 12.7 Å². The first-order valence-electron chi connectivity index (χ1n) is 8.27. The SMILES string of the molecule is CN(C)Cc1ccc2cccc(NS(=O)(=O)N3CCCCC3)c2n1. The van der Waals surface area contributed by atoms with Gasteiger partial charge in [0.2, 0.25) is 0 Å². The monoisotopic (exact) mass is 348 g/mol. The van der Waals surface area contributed by atoms with Gasteiger partial charge in [-0.3, -0.25) is 4.72 Å². The van der Waals surface area contributed by atoms with Crippen molar-refractivity contribution < 1.29 is 8.42 Å². The Labute approximate surface area is 143 Å². The molecule has 0 spiro atoms. The van der Waals surface area contributed by atoms with Crippen LogP contribution in [0.3, 0.4) is 0 Å². The van der Waals surface area contributed by atoms with E-state index >= 15 is 0 Å². The number of piperidine rings is 1. The van der Waals surface area contributed by atoms with Gasteiger partial charge >= 0.3 is 10.2 Å². The summed E-state index contributed by atoms with van der Waals surface area (Å²) in [6.45, 7) is 1.88. The van der Waals surface area contributed by atoms with Crippen molar-refractivity contribution in [2.24, 2.45) is 0 Å². The molecule has 0 atom stereocenters. The molecule has 1 aliphatic heterocycles. The van der Waals surface area contributed by atoms with Crippen LogP contribution in [0.5, 0.6) is 0 Å². The first-order chi connectivity index (χ1) is 11.5. The maximum Gasteiger partial charge on any atom is 0.301 e. The van der Waals surface area contributed by atoms with Crippen molar-refractivity contribution in [3.63, 3.8) is 0 Å². The zero-order valence-electron chi connectivity index (χ0n) is 14.2. The third kappa shape index (κ3) is 3.85. The van der Waals surface area contributed by atoms with Crippen LogP contribution in [-0.2, 0) is 16.8 Å². The average molecular weight is 348 g/mol. The summed E-state index contributed by atoms with van der Waals surface area (Å²) in [5.74, 6) is 0. The second-order valence-corrected chi connectivity index (χ2v) is 8.16. The quantitative estimate of drug-likeness (QED) is 0.901. The minimum absolute atomic E-state index is 0.540. The van der Waals surface area contributed by atoms with Gasteiger partial charge in [0.1, 0.15) is 0 Å². The van der Waals surface area contributed by atoms with Gasteiger partial charge in [-0.15, -0.1) is 0 Å². The van der Waals surface area contributed by atoms with E-state index in [0.717, 1.165) is 30.3 Å². The van der Waals surface area contributed by atoms with Crippen LogP contribution in [0, 0.1) is 0 Å².